The number of aromatic amines is 1. The summed E-state index contributed by atoms with van der Waals surface area (Å²) in [4.78, 5) is 15.3. The van der Waals surface area contributed by atoms with Crippen molar-refractivity contribution in [2.24, 2.45) is 0 Å². The molecular formula is C11H15N7O. The van der Waals surface area contributed by atoms with Crippen molar-refractivity contribution in [1.82, 2.24) is 30.7 Å². The molecule has 2 rings (SSSR count). The highest BCUT2D eigenvalue weighted by atomic mass is 16.1. The number of amides is 1. The Kier molecular flexibility index (Phi) is 4.38. The predicted molar refractivity (Wildman–Crippen MR) is 68.6 cm³/mol. The number of anilines is 1. The van der Waals surface area contributed by atoms with Crippen molar-refractivity contribution >= 4 is 11.7 Å². The summed E-state index contributed by atoms with van der Waals surface area (Å²) in [6, 6.07) is 3.36. The molecule has 0 saturated carbocycles. The number of hydrogen-bond donors (Lipinski definition) is 3. The number of nitrogens with one attached hydrogen (secondary N) is 3. The Morgan fingerprint density at radius 1 is 1.37 bits per heavy atom. The van der Waals surface area contributed by atoms with Gasteiger partial charge < -0.3 is 10.6 Å². The number of aromatic nitrogens is 5. The molecule has 8 nitrogen and oxygen atoms in total. The summed E-state index contributed by atoms with van der Waals surface area (Å²) in [6.45, 7) is 0.745. The first kappa shape index (κ1) is 12.9. The highest BCUT2D eigenvalue weighted by Crippen LogP contribution is 2.02. The first-order chi connectivity index (χ1) is 9.29. The van der Waals surface area contributed by atoms with Crippen LogP contribution in [0.1, 0.15) is 22.7 Å². The fraction of sp³-hybridized carbons (Fsp3) is 0.364. The molecule has 0 spiro atoms. The summed E-state index contributed by atoms with van der Waals surface area (Å²) in [5.74, 6) is 1.26. The van der Waals surface area contributed by atoms with Crippen LogP contribution < -0.4 is 10.6 Å². The molecule has 2 aromatic heterocycles. The van der Waals surface area contributed by atoms with Gasteiger partial charge in [0.05, 0.1) is 0 Å². The van der Waals surface area contributed by atoms with E-state index in [2.05, 4.69) is 36.0 Å². The zero-order valence-electron chi connectivity index (χ0n) is 10.6. The Hall–Kier alpha value is -2.51. The summed E-state index contributed by atoms with van der Waals surface area (Å²) in [5.41, 5.74) is 0.301. The van der Waals surface area contributed by atoms with Crippen LogP contribution in [0.2, 0.25) is 0 Å². The molecule has 0 radical (unpaired) electrons. The SMILES string of the molecule is CNC(=O)c1ccc(NCCCc2ncn[nH]2)nn1. The number of carbonyl (C=O) groups excluding carboxylic acids is 1. The van der Waals surface area contributed by atoms with Crippen molar-refractivity contribution in [3.63, 3.8) is 0 Å². The van der Waals surface area contributed by atoms with Gasteiger partial charge in [0.2, 0.25) is 0 Å². The zero-order valence-corrected chi connectivity index (χ0v) is 10.6. The van der Waals surface area contributed by atoms with E-state index in [1.54, 1.807) is 19.2 Å². The van der Waals surface area contributed by atoms with Gasteiger partial charge in [0.25, 0.3) is 5.91 Å². The third-order valence-electron chi connectivity index (χ3n) is 2.49. The second-order valence-corrected chi connectivity index (χ2v) is 3.85. The molecule has 8 heteroatoms. The van der Waals surface area contributed by atoms with E-state index in [4.69, 9.17) is 0 Å². The molecule has 0 aliphatic heterocycles. The van der Waals surface area contributed by atoms with E-state index in [9.17, 15) is 4.79 Å². The van der Waals surface area contributed by atoms with Crippen molar-refractivity contribution in [2.45, 2.75) is 12.8 Å². The van der Waals surface area contributed by atoms with E-state index in [1.165, 1.54) is 6.33 Å². The minimum Gasteiger partial charge on any atom is -0.369 e. The highest BCUT2D eigenvalue weighted by molar-refractivity contribution is 5.91. The van der Waals surface area contributed by atoms with Crippen LogP contribution in [-0.2, 0) is 6.42 Å². The maximum absolute atomic E-state index is 11.3. The van der Waals surface area contributed by atoms with Crippen LogP contribution in [-0.4, -0.2) is 44.9 Å². The zero-order chi connectivity index (χ0) is 13.5. The molecule has 0 bridgehead atoms. The van der Waals surface area contributed by atoms with Crippen molar-refractivity contribution in [3.05, 3.63) is 30.0 Å². The van der Waals surface area contributed by atoms with E-state index in [0.717, 1.165) is 25.2 Å². The van der Waals surface area contributed by atoms with Crippen LogP contribution in [0.15, 0.2) is 18.5 Å². The van der Waals surface area contributed by atoms with Crippen LogP contribution in [0.4, 0.5) is 5.82 Å². The smallest absolute Gasteiger partial charge is 0.271 e. The van der Waals surface area contributed by atoms with E-state index in [1.807, 2.05) is 0 Å². The number of rotatable bonds is 6. The average molecular weight is 261 g/mol. The van der Waals surface area contributed by atoms with Crippen LogP contribution >= 0.6 is 0 Å². The lowest BCUT2D eigenvalue weighted by molar-refractivity contribution is 0.0957. The number of hydrogen-bond acceptors (Lipinski definition) is 6. The molecule has 2 heterocycles. The van der Waals surface area contributed by atoms with Crippen molar-refractivity contribution < 1.29 is 4.79 Å². The molecule has 0 unspecified atom stereocenters. The van der Waals surface area contributed by atoms with Gasteiger partial charge in [-0.1, -0.05) is 0 Å². The van der Waals surface area contributed by atoms with Gasteiger partial charge in [-0.15, -0.1) is 10.2 Å². The minimum absolute atomic E-state index is 0.246. The molecule has 1 amide bonds. The second kappa shape index (κ2) is 6.43. The standard InChI is InChI=1S/C11H15N7O/c1-12-11(19)8-4-5-10(18-16-8)13-6-2-3-9-14-7-15-17-9/h4-5,7H,2-3,6H2,1H3,(H,12,19)(H,13,18)(H,14,15,17). The summed E-state index contributed by atoms with van der Waals surface area (Å²) in [6.07, 6.45) is 3.20. The van der Waals surface area contributed by atoms with Crippen LogP contribution in [0.25, 0.3) is 0 Å². The van der Waals surface area contributed by atoms with Gasteiger partial charge in [-0.2, -0.15) is 5.10 Å². The van der Waals surface area contributed by atoms with E-state index < -0.39 is 0 Å². The van der Waals surface area contributed by atoms with Gasteiger partial charge in [-0.3, -0.25) is 9.89 Å². The van der Waals surface area contributed by atoms with Crippen molar-refractivity contribution in [1.29, 1.82) is 0 Å². The average Bonchev–Trinajstić information content (AvgIpc) is 2.96. The predicted octanol–water partition coefficient (Wildman–Crippen LogP) is -0.00100. The Bertz CT molecular complexity index is 508. The topological polar surface area (TPSA) is 108 Å². The number of nitrogens with zero attached hydrogens (tertiary/aromatic N) is 4. The monoisotopic (exact) mass is 261 g/mol. The Balaban J connectivity index is 1.75. The Labute approximate surface area is 110 Å². The van der Waals surface area contributed by atoms with Crippen LogP contribution in [0.3, 0.4) is 0 Å². The molecule has 0 saturated heterocycles. The first-order valence-electron chi connectivity index (χ1n) is 5.93. The summed E-state index contributed by atoms with van der Waals surface area (Å²) < 4.78 is 0. The summed E-state index contributed by atoms with van der Waals surface area (Å²) >= 11 is 0. The van der Waals surface area contributed by atoms with Crippen LogP contribution in [0, 0.1) is 0 Å². The van der Waals surface area contributed by atoms with Gasteiger partial charge in [0.15, 0.2) is 5.69 Å². The lowest BCUT2D eigenvalue weighted by Gasteiger charge is -2.04. The van der Waals surface area contributed by atoms with E-state index >= 15 is 0 Å². The second-order valence-electron chi connectivity index (χ2n) is 3.85. The number of H-pyrrole nitrogens is 1. The largest absolute Gasteiger partial charge is 0.369 e. The van der Waals surface area contributed by atoms with Gasteiger partial charge in [0.1, 0.15) is 18.0 Å². The molecule has 0 aliphatic carbocycles. The maximum atomic E-state index is 11.3. The molecule has 0 fully saturated rings. The highest BCUT2D eigenvalue weighted by Gasteiger charge is 2.05. The molecule has 3 N–H and O–H groups in total. The summed E-state index contributed by atoms with van der Waals surface area (Å²) in [7, 11) is 1.56. The van der Waals surface area contributed by atoms with E-state index in [-0.39, 0.29) is 5.91 Å². The Morgan fingerprint density at radius 3 is 2.89 bits per heavy atom. The van der Waals surface area contributed by atoms with Crippen molar-refractivity contribution in [3.8, 4) is 0 Å². The third-order valence-corrected chi connectivity index (χ3v) is 2.49. The quantitative estimate of drug-likeness (QED) is 0.631. The lowest BCUT2D eigenvalue weighted by atomic mass is 10.3. The maximum Gasteiger partial charge on any atom is 0.271 e. The summed E-state index contributed by atoms with van der Waals surface area (Å²) in [5, 5.41) is 19.9. The lowest BCUT2D eigenvalue weighted by Crippen LogP contribution is -2.19. The van der Waals surface area contributed by atoms with Gasteiger partial charge >= 0.3 is 0 Å². The molecule has 19 heavy (non-hydrogen) atoms. The molecule has 0 atom stereocenters. The fourth-order valence-corrected chi connectivity index (χ4v) is 1.50. The molecule has 0 aliphatic rings. The Morgan fingerprint density at radius 2 is 2.26 bits per heavy atom. The van der Waals surface area contributed by atoms with Gasteiger partial charge in [0, 0.05) is 20.0 Å². The van der Waals surface area contributed by atoms with Gasteiger partial charge in [-0.05, 0) is 18.6 Å². The minimum atomic E-state index is -0.246. The van der Waals surface area contributed by atoms with E-state index in [0.29, 0.717) is 11.5 Å². The fourth-order valence-electron chi connectivity index (χ4n) is 1.50. The van der Waals surface area contributed by atoms with Crippen LogP contribution in [0.5, 0.6) is 0 Å². The third kappa shape index (κ3) is 3.73. The number of carbonyl (C=O) groups is 1. The first-order valence-corrected chi connectivity index (χ1v) is 5.93. The molecular weight excluding hydrogens is 246 g/mol. The molecule has 0 aromatic carbocycles. The van der Waals surface area contributed by atoms with Gasteiger partial charge in [-0.25, -0.2) is 4.98 Å². The molecule has 2 aromatic rings. The molecule has 100 valence electrons. The van der Waals surface area contributed by atoms with Crippen molar-refractivity contribution in [2.75, 3.05) is 18.9 Å². The number of aryl methyl sites for hydroxylation is 1. The normalized spacial score (nSPS) is 10.2.